The Morgan fingerprint density at radius 1 is 1.21 bits per heavy atom. The van der Waals surface area contributed by atoms with E-state index >= 15 is 0 Å². The molecular formula is C20H23N5O3. The Bertz CT molecular complexity index is 1060. The first-order valence-corrected chi connectivity index (χ1v) is 8.88. The molecule has 2 N–H and O–H groups in total. The van der Waals surface area contributed by atoms with Crippen LogP contribution in [0.1, 0.15) is 28.9 Å². The number of carbonyl (C=O) groups is 1. The summed E-state index contributed by atoms with van der Waals surface area (Å²) in [5.74, 6) is -0.426. The molecule has 146 valence electrons. The summed E-state index contributed by atoms with van der Waals surface area (Å²) in [5, 5.41) is 17.3. The van der Waals surface area contributed by atoms with Crippen LogP contribution in [0.25, 0.3) is 10.9 Å². The fraction of sp³-hybridized carbons (Fsp3) is 0.300. The molecule has 2 unspecified atom stereocenters. The van der Waals surface area contributed by atoms with Crippen molar-refractivity contribution in [2.75, 3.05) is 19.4 Å². The van der Waals surface area contributed by atoms with Crippen LogP contribution in [0.3, 0.4) is 0 Å². The van der Waals surface area contributed by atoms with Crippen LogP contribution in [0.5, 0.6) is 0 Å². The van der Waals surface area contributed by atoms with E-state index in [2.05, 4.69) is 15.4 Å². The molecule has 2 heterocycles. The standard InChI is InChI=1S/C20H23N5O3/c1-12(17(24(2)3)13-7-9-14(10-8-13)20(27)28)22-18-16-15(6-5-11-21-16)19(26)25(4)23-18/h5-12,17H,1-4H3,(H,22,23)(H,27,28). The lowest BCUT2D eigenvalue weighted by Crippen LogP contribution is -2.35. The fourth-order valence-electron chi connectivity index (χ4n) is 3.43. The number of nitrogens with zero attached hydrogens (tertiary/aromatic N) is 4. The van der Waals surface area contributed by atoms with Gasteiger partial charge in [-0.1, -0.05) is 12.1 Å². The molecular weight excluding hydrogens is 358 g/mol. The highest BCUT2D eigenvalue weighted by Crippen LogP contribution is 2.26. The molecule has 1 aromatic carbocycles. The zero-order valence-electron chi connectivity index (χ0n) is 16.2. The number of anilines is 1. The van der Waals surface area contributed by atoms with Gasteiger partial charge in [-0.25, -0.2) is 9.48 Å². The van der Waals surface area contributed by atoms with Gasteiger partial charge in [-0.15, -0.1) is 0 Å². The number of aromatic nitrogens is 3. The first kappa shape index (κ1) is 19.5. The molecule has 0 aliphatic carbocycles. The van der Waals surface area contributed by atoms with Crippen LogP contribution in [0.2, 0.25) is 0 Å². The third-order valence-electron chi connectivity index (χ3n) is 4.70. The van der Waals surface area contributed by atoms with Crippen molar-refractivity contribution >= 4 is 22.7 Å². The molecule has 0 saturated heterocycles. The van der Waals surface area contributed by atoms with Crippen molar-refractivity contribution in [1.82, 2.24) is 19.7 Å². The Balaban J connectivity index is 1.97. The second kappa shape index (κ2) is 7.77. The average Bonchev–Trinajstić information content (AvgIpc) is 2.66. The van der Waals surface area contributed by atoms with E-state index in [1.165, 1.54) is 4.68 Å². The number of benzene rings is 1. The Morgan fingerprint density at radius 3 is 2.50 bits per heavy atom. The molecule has 2 aromatic heterocycles. The summed E-state index contributed by atoms with van der Waals surface area (Å²) in [6, 6.07) is 10.1. The smallest absolute Gasteiger partial charge is 0.335 e. The molecule has 0 fully saturated rings. The van der Waals surface area contributed by atoms with Gasteiger partial charge >= 0.3 is 5.97 Å². The monoisotopic (exact) mass is 381 g/mol. The molecule has 0 aliphatic rings. The third kappa shape index (κ3) is 3.72. The molecule has 3 aromatic rings. The van der Waals surface area contributed by atoms with Crippen molar-refractivity contribution in [3.63, 3.8) is 0 Å². The first-order chi connectivity index (χ1) is 13.3. The molecule has 8 heteroatoms. The summed E-state index contributed by atoms with van der Waals surface area (Å²) in [4.78, 5) is 29.8. The minimum atomic E-state index is -0.953. The second-order valence-electron chi connectivity index (χ2n) is 6.95. The van der Waals surface area contributed by atoms with Crippen molar-refractivity contribution < 1.29 is 9.90 Å². The van der Waals surface area contributed by atoms with Crippen LogP contribution in [-0.2, 0) is 7.05 Å². The van der Waals surface area contributed by atoms with Gasteiger partial charge in [0.15, 0.2) is 5.82 Å². The molecule has 0 spiro atoms. The number of rotatable bonds is 6. The molecule has 0 saturated carbocycles. The molecule has 3 rings (SSSR count). The maximum absolute atomic E-state index is 12.3. The average molecular weight is 381 g/mol. The van der Waals surface area contributed by atoms with Crippen LogP contribution in [0, 0.1) is 0 Å². The minimum Gasteiger partial charge on any atom is -0.478 e. The molecule has 0 bridgehead atoms. The SMILES string of the molecule is CC(Nc1nn(C)c(=O)c2cccnc12)C(c1ccc(C(=O)O)cc1)N(C)C. The van der Waals surface area contributed by atoms with Gasteiger partial charge in [0.1, 0.15) is 5.52 Å². The Labute approximate surface area is 162 Å². The lowest BCUT2D eigenvalue weighted by Gasteiger charge is -2.31. The van der Waals surface area contributed by atoms with Crippen molar-refractivity contribution in [2.45, 2.75) is 19.0 Å². The van der Waals surface area contributed by atoms with E-state index in [-0.39, 0.29) is 23.2 Å². The number of aryl methyl sites for hydroxylation is 1. The zero-order chi connectivity index (χ0) is 20.4. The van der Waals surface area contributed by atoms with Crippen molar-refractivity contribution in [3.8, 4) is 0 Å². The van der Waals surface area contributed by atoms with E-state index in [0.717, 1.165) is 5.56 Å². The number of aromatic carboxylic acids is 1. The summed E-state index contributed by atoms with van der Waals surface area (Å²) in [5.41, 5.74) is 1.54. The number of hydrogen-bond donors (Lipinski definition) is 2. The van der Waals surface area contributed by atoms with E-state index in [9.17, 15) is 9.59 Å². The van der Waals surface area contributed by atoms with Gasteiger partial charge < -0.3 is 15.3 Å². The lowest BCUT2D eigenvalue weighted by molar-refractivity contribution is 0.0697. The predicted octanol–water partition coefficient (Wildman–Crippen LogP) is 2.13. The molecule has 2 atom stereocenters. The van der Waals surface area contributed by atoms with Crippen LogP contribution >= 0.6 is 0 Å². The van der Waals surface area contributed by atoms with Crippen molar-refractivity contribution in [2.24, 2.45) is 7.05 Å². The van der Waals surface area contributed by atoms with Crippen LogP contribution < -0.4 is 10.9 Å². The topological polar surface area (TPSA) is 100 Å². The van der Waals surface area contributed by atoms with E-state index in [4.69, 9.17) is 5.11 Å². The Morgan fingerprint density at radius 2 is 1.89 bits per heavy atom. The van der Waals surface area contributed by atoms with Gasteiger partial charge in [0.2, 0.25) is 0 Å². The van der Waals surface area contributed by atoms with E-state index in [1.54, 1.807) is 37.5 Å². The van der Waals surface area contributed by atoms with Gasteiger partial charge in [-0.2, -0.15) is 5.10 Å². The highest BCUT2D eigenvalue weighted by Gasteiger charge is 2.23. The summed E-state index contributed by atoms with van der Waals surface area (Å²) in [6.45, 7) is 2.01. The van der Waals surface area contributed by atoms with Crippen LogP contribution in [-0.4, -0.2) is 50.9 Å². The molecule has 8 nitrogen and oxygen atoms in total. The fourth-order valence-corrected chi connectivity index (χ4v) is 3.43. The van der Waals surface area contributed by atoms with E-state index in [0.29, 0.717) is 16.7 Å². The maximum atomic E-state index is 12.3. The number of pyridine rings is 1. The largest absolute Gasteiger partial charge is 0.478 e. The summed E-state index contributed by atoms with van der Waals surface area (Å²) < 4.78 is 1.30. The van der Waals surface area contributed by atoms with Gasteiger partial charge in [-0.05, 0) is 50.8 Å². The van der Waals surface area contributed by atoms with E-state index in [1.807, 2.05) is 38.1 Å². The second-order valence-corrected chi connectivity index (χ2v) is 6.95. The van der Waals surface area contributed by atoms with Gasteiger partial charge in [0.05, 0.1) is 17.0 Å². The normalized spacial score (nSPS) is 13.5. The Kier molecular flexibility index (Phi) is 5.41. The summed E-state index contributed by atoms with van der Waals surface area (Å²) >= 11 is 0. The lowest BCUT2D eigenvalue weighted by atomic mass is 9.98. The number of likely N-dealkylation sites (N-methyl/N-ethyl adjacent to an activating group) is 1. The zero-order valence-corrected chi connectivity index (χ0v) is 16.2. The van der Waals surface area contributed by atoms with E-state index < -0.39 is 5.97 Å². The summed E-state index contributed by atoms with van der Waals surface area (Å²) in [6.07, 6.45) is 1.63. The quantitative estimate of drug-likeness (QED) is 0.675. The van der Waals surface area contributed by atoms with Crippen molar-refractivity contribution in [1.29, 1.82) is 0 Å². The highest BCUT2D eigenvalue weighted by molar-refractivity contribution is 5.88. The number of nitrogens with one attached hydrogen (secondary N) is 1. The number of carboxylic acid groups (broad SMARTS) is 1. The molecule has 0 radical (unpaired) electrons. The summed E-state index contributed by atoms with van der Waals surface area (Å²) in [7, 11) is 5.52. The molecule has 0 amide bonds. The van der Waals surface area contributed by atoms with Gasteiger partial charge in [-0.3, -0.25) is 9.78 Å². The van der Waals surface area contributed by atoms with Crippen LogP contribution in [0.15, 0.2) is 47.4 Å². The number of hydrogen-bond acceptors (Lipinski definition) is 6. The van der Waals surface area contributed by atoms with Gasteiger partial charge in [0, 0.05) is 19.3 Å². The maximum Gasteiger partial charge on any atom is 0.335 e. The number of carboxylic acids is 1. The third-order valence-corrected chi connectivity index (χ3v) is 4.70. The van der Waals surface area contributed by atoms with Crippen molar-refractivity contribution in [3.05, 3.63) is 64.1 Å². The highest BCUT2D eigenvalue weighted by atomic mass is 16.4. The number of fused-ring (bicyclic) bond motifs is 1. The minimum absolute atomic E-state index is 0.0550. The predicted molar refractivity (Wildman–Crippen MR) is 108 cm³/mol. The first-order valence-electron chi connectivity index (χ1n) is 8.88. The molecule has 28 heavy (non-hydrogen) atoms. The molecule has 0 aliphatic heterocycles. The Hall–Kier alpha value is -3.26. The van der Waals surface area contributed by atoms with Gasteiger partial charge in [0.25, 0.3) is 5.56 Å². The van der Waals surface area contributed by atoms with Crippen LogP contribution in [0.4, 0.5) is 5.82 Å².